The zero-order valence-corrected chi connectivity index (χ0v) is 18.1. The van der Waals surface area contributed by atoms with E-state index in [-0.39, 0.29) is 35.4 Å². The minimum Gasteiger partial charge on any atom is -0.469 e. The molecule has 0 spiro atoms. The van der Waals surface area contributed by atoms with E-state index >= 15 is 0 Å². The van der Waals surface area contributed by atoms with Gasteiger partial charge in [-0.25, -0.2) is 0 Å². The Morgan fingerprint density at radius 1 is 1.12 bits per heavy atom. The van der Waals surface area contributed by atoms with E-state index in [1.54, 1.807) is 7.05 Å². The highest BCUT2D eigenvalue weighted by atomic mass is 127. The monoisotopic (exact) mass is 461 g/mol. The van der Waals surface area contributed by atoms with Crippen LogP contribution in [0.2, 0.25) is 0 Å². The number of halogens is 1. The lowest BCUT2D eigenvalue weighted by molar-refractivity contribution is -0.140. The molecule has 0 radical (unpaired) electrons. The highest BCUT2D eigenvalue weighted by molar-refractivity contribution is 14.0. The van der Waals surface area contributed by atoms with E-state index in [0.29, 0.717) is 6.42 Å². The third-order valence-corrected chi connectivity index (χ3v) is 4.05. The number of carbonyl (C=O) groups is 1. The molecule has 2 N–H and O–H groups in total. The number of unbranched alkanes of at least 4 members (excludes halogenated alkanes) is 2. The number of guanidine groups is 1. The summed E-state index contributed by atoms with van der Waals surface area (Å²) >= 11 is 0. The minimum atomic E-state index is -0.136. The highest BCUT2D eigenvalue weighted by Crippen LogP contribution is 2.21. The SMILES string of the molecule is CN=C(NCCCCCC(=O)OC)NCC(C)(C)c1ccccc1.I. The van der Waals surface area contributed by atoms with Crippen LogP contribution in [0.1, 0.15) is 45.1 Å². The summed E-state index contributed by atoms with van der Waals surface area (Å²) in [4.78, 5) is 15.3. The van der Waals surface area contributed by atoms with Crippen LogP contribution in [0.25, 0.3) is 0 Å². The van der Waals surface area contributed by atoms with Gasteiger partial charge in [-0.1, -0.05) is 50.6 Å². The average Bonchev–Trinajstić information content (AvgIpc) is 2.60. The van der Waals surface area contributed by atoms with Crippen LogP contribution in [0.4, 0.5) is 0 Å². The molecule has 0 aliphatic rings. The van der Waals surface area contributed by atoms with E-state index in [2.05, 4.69) is 58.5 Å². The van der Waals surface area contributed by atoms with Crippen LogP contribution < -0.4 is 10.6 Å². The van der Waals surface area contributed by atoms with E-state index < -0.39 is 0 Å². The van der Waals surface area contributed by atoms with Crippen molar-refractivity contribution in [3.63, 3.8) is 0 Å². The van der Waals surface area contributed by atoms with Gasteiger partial charge < -0.3 is 15.4 Å². The molecular weight excluding hydrogens is 429 g/mol. The highest BCUT2D eigenvalue weighted by Gasteiger charge is 2.20. The minimum absolute atomic E-state index is 0. The Bertz CT molecular complexity index is 519. The molecule has 0 atom stereocenters. The molecule has 1 aromatic rings. The fourth-order valence-corrected chi connectivity index (χ4v) is 2.40. The molecule has 0 heterocycles. The van der Waals surface area contributed by atoms with Crippen molar-refractivity contribution in [3.05, 3.63) is 35.9 Å². The second kappa shape index (κ2) is 13.0. The summed E-state index contributed by atoms with van der Waals surface area (Å²) in [5.74, 6) is 0.676. The molecule has 0 saturated carbocycles. The molecule has 142 valence electrons. The van der Waals surface area contributed by atoms with Crippen LogP contribution in [0.5, 0.6) is 0 Å². The Kier molecular flexibility index (Phi) is 12.3. The molecule has 0 aromatic heterocycles. The largest absolute Gasteiger partial charge is 0.469 e. The number of aliphatic imine (C=N–C) groups is 1. The van der Waals surface area contributed by atoms with Crippen molar-refractivity contribution < 1.29 is 9.53 Å². The van der Waals surface area contributed by atoms with E-state index in [1.807, 2.05) is 6.07 Å². The van der Waals surface area contributed by atoms with Crippen molar-refractivity contribution in [1.82, 2.24) is 10.6 Å². The van der Waals surface area contributed by atoms with Gasteiger partial charge in [-0.15, -0.1) is 24.0 Å². The van der Waals surface area contributed by atoms with Crippen molar-refractivity contribution in [2.24, 2.45) is 4.99 Å². The lowest BCUT2D eigenvalue weighted by atomic mass is 9.85. The van der Waals surface area contributed by atoms with Crippen LogP contribution in [-0.2, 0) is 14.9 Å². The van der Waals surface area contributed by atoms with Crippen LogP contribution in [0, 0.1) is 0 Å². The molecular formula is C19H32IN3O2. The van der Waals surface area contributed by atoms with Gasteiger partial charge in [-0.2, -0.15) is 0 Å². The topological polar surface area (TPSA) is 62.7 Å². The summed E-state index contributed by atoms with van der Waals surface area (Å²) in [7, 11) is 3.21. The van der Waals surface area contributed by atoms with Crippen molar-refractivity contribution >= 4 is 35.9 Å². The van der Waals surface area contributed by atoms with Gasteiger partial charge in [0.25, 0.3) is 0 Å². The third kappa shape index (κ3) is 9.67. The summed E-state index contributed by atoms with van der Waals surface area (Å²) in [6.45, 7) is 6.08. The number of hydrogen-bond donors (Lipinski definition) is 2. The maximum Gasteiger partial charge on any atom is 0.305 e. The Balaban J connectivity index is 0.00000576. The Labute approximate surface area is 169 Å². The first-order valence-electron chi connectivity index (χ1n) is 8.56. The zero-order chi connectivity index (χ0) is 17.8. The van der Waals surface area contributed by atoms with Gasteiger partial charge >= 0.3 is 5.97 Å². The number of methoxy groups -OCH3 is 1. The first-order chi connectivity index (χ1) is 11.5. The van der Waals surface area contributed by atoms with Gasteiger partial charge in [0, 0.05) is 32.0 Å². The van der Waals surface area contributed by atoms with Crippen molar-refractivity contribution in [1.29, 1.82) is 0 Å². The molecule has 0 unspecified atom stereocenters. The smallest absolute Gasteiger partial charge is 0.305 e. The number of nitrogens with one attached hydrogen (secondary N) is 2. The molecule has 0 aliphatic carbocycles. The molecule has 1 rings (SSSR count). The lowest BCUT2D eigenvalue weighted by Crippen LogP contribution is -2.43. The number of benzene rings is 1. The average molecular weight is 461 g/mol. The molecule has 0 saturated heterocycles. The fourth-order valence-electron chi connectivity index (χ4n) is 2.40. The number of nitrogens with zero attached hydrogens (tertiary/aromatic N) is 1. The van der Waals surface area contributed by atoms with Crippen molar-refractivity contribution in [3.8, 4) is 0 Å². The predicted molar refractivity (Wildman–Crippen MR) is 115 cm³/mol. The van der Waals surface area contributed by atoms with Gasteiger partial charge in [-0.3, -0.25) is 9.79 Å². The summed E-state index contributed by atoms with van der Waals surface area (Å²) in [5, 5.41) is 6.71. The molecule has 0 amide bonds. The van der Waals surface area contributed by atoms with Gasteiger partial charge in [0.1, 0.15) is 0 Å². The normalized spacial score (nSPS) is 11.4. The summed E-state index contributed by atoms with van der Waals surface area (Å²) in [6.07, 6.45) is 3.35. The number of esters is 1. The number of hydrogen-bond acceptors (Lipinski definition) is 3. The molecule has 25 heavy (non-hydrogen) atoms. The van der Waals surface area contributed by atoms with Crippen molar-refractivity contribution in [2.45, 2.75) is 44.9 Å². The second-order valence-corrected chi connectivity index (χ2v) is 6.49. The van der Waals surface area contributed by atoms with Gasteiger partial charge in [0.2, 0.25) is 0 Å². The van der Waals surface area contributed by atoms with E-state index in [4.69, 9.17) is 0 Å². The number of rotatable bonds is 9. The standard InChI is InChI=1S/C19H31N3O2.HI/c1-19(2,16-11-7-5-8-12-16)15-22-18(20-3)21-14-10-6-9-13-17(23)24-4;/h5,7-8,11-12H,6,9-10,13-15H2,1-4H3,(H2,20,21,22);1H. The third-order valence-electron chi connectivity index (χ3n) is 4.05. The maximum atomic E-state index is 11.0. The van der Waals surface area contributed by atoms with E-state index in [1.165, 1.54) is 12.7 Å². The second-order valence-electron chi connectivity index (χ2n) is 6.49. The maximum absolute atomic E-state index is 11.0. The predicted octanol–water partition coefficient (Wildman–Crippen LogP) is 3.48. The number of carbonyl (C=O) groups excluding carboxylic acids is 1. The van der Waals surface area contributed by atoms with Crippen molar-refractivity contribution in [2.75, 3.05) is 27.2 Å². The molecule has 6 heteroatoms. The van der Waals surface area contributed by atoms with Gasteiger partial charge in [-0.05, 0) is 18.4 Å². The molecule has 0 aliphatic heterocycles. The summed E-state index contributed by atoms with van der Waals surface area (Å²) in [6, 6.07) is 10.5. The first kappa shape index (κ1) is 23.7. The van der Waals surface area contributed by atoms with Gasteiger partial charge in [0.05, 0.1) is 7.11 Å². The van der Waals surface area contributed by atoms with Gasteiger partial charge in [0.15, 0.2) is 5.96 Å². The number of ether oxygens (including phenoxy) is 1. The van der Waals surface area contributed by atoms with Crippen LogP contribution >= 0.6 is 24.0 Å². The quantitative estimate of drug-likeness (QED) is 0.194. The Morgan fingerprint density at radius 2 is 1.80 bits per heavy atom. The summed E-state index contributed by atoms with van der Waals surface area (Å²) < 4.78 is 4.63. The lowest BCUT2D eigenvalue weighted by Gasteiger charge is -2.26. The van der Waals surface area contributed by atoms with Crippen LogP contribution in [0.3, 0.4) is 0 Å². The molecule has 5 nitrogen and oxygen atoms in total. The molecule has 1 aromatic carbocycles. The van der Waals surface area contributed by atoms with E-state index in [0.717, 1.165) is 38.3 Å². The Morgan fingerprint density at radius 3 is 2.40 bits per heavy atom. The van der Waals surface area contributed by atoms with Crippen LogP contribution in [-0.4, -0.2) is 39.2 Å². The molecule has 0 fully saturated rings. The van der Waals surface area contributed by atoms with E-state index in [9.17, 15) is 4.79 Å². The van der Waals surface area contributed by atoms with Crippen LogP contribution in [0.15, 0.2) is 35.3 Å². The Hall–Kier alpha value is -1.31. The first-order valence-corrected chi connectivity index (χ1v) is 8.56. The fraction of sp³-hybridized carbons (Fsp3) is 0.579. The zero-order valence-electron chi connectivity index (χ0n) is 15.8. The summed E-state index contributed by atoms with van der Waals surface area (Å²) in [5.41, 5.74) is 1.33. The molecule has 0 bridgehead atoms.